The number of likely N-dealkylation sites (tertiary alicyclic amines) is 2. The van der Waals surface area contributed by atoms with E-state index in [0.29, 0.717) is 18.4 Å². The fraction of sp³-hybridized carbons (Fsp3) is 0.867. The van der Waals surface area contributed by atoms with Crippen LogP contribution in [0.4, 0.5) is 4.79 Å². The summed E-state index contributed by atoms with van der Waals surface area (Å²) in [6, 6.07) is 0.598. The van der Waals surface area contributed by atoms with Crippen molar-refractivity contribution in [3.8, 4) is 0 Å². The molecule has 2 fully saturated rings. The Labute approximate surface area is 126 Å². The Balaban J connectivity index is 1.83. The Kier molecular flexibility index (Phi) is 5.45. The van der Waals surface area contributed by atoms with Gasteiger partial charge in [-0.1, -0.05) is 0 Å². The summed E-state index contributed by atoms with van der Waals surface area (Å²) < 4.78 is 0. The number of carboxylic acid groups (broad SMARTS) is 1. The summed E-state index contributed by atoms with van der Waals surface area (Å²) in [5, 5.41) is 8.78. The monoisotopic (exact) mass is 297 g/mol. The largest absolute Gasteiger partial charge is 0.481 e. The van der Waals surface area contributed by atoms with Gasteiger partial charge < -0.3 is 19.8 Å². The van der Waals surface area contributed by atoms with Gasteiger partial charge in [0, 0.05) is 38.6 Å². The summed E-state index contributed by atoms with van der Waals surface area (Å²) in [6.07, 6.45) is 3.95. The number of carbonyl (C=O) groups excluding carboxylic acids is 1. The van der Waals surface area contributed by atoms with E-state index in [-0.39, 0.29) is 12.5 Å². The number of hydrogen-bond donors (Lipinski definition) is 1. The smallest absolute Gasteiger partial charge is 0.320 e. The van der Waals surface area contributed by atoms with Gasteiger partial charge in [0.05, 0.1) is 0 Å². The molecule has 2 unspecified atom stereocenters. The van der Waals surface area contributed by atoms with E-state index in [1.807, 2.05) is 9.80 Å². The molecule has 2 heterocycles. The quantitative estimate of drug-likeness (QED) is 0.850. The minimum atomic E-state index is -0.744. The SMILES string of the molecule is CN(C)C1CCN(C(=O)N2CCCC(CCC(=O)O)C2)C1. The molecular formula is C15H27N3O3. The molecule has 0 bridgehead atoms. The van der Waals surface area contributed by atoms with E-state index in [1.54, 1.807) is 0 Å². The van der Waals surface area contributed by atoms with Crippen LogP contribution >= 0.6 is 0 Å². The minimum absolute atomic E-state index is 0.138. The average molecular weight is 297 g/mol. The summed E-state index contributed by atoms with van der Waals surface area (Å²) >= 11 is 0. The number of nitrogens with zero attached hydrogens (tertiary/aromatic N) is 3. The van der Waals surface area contributed by atoms with Gasteiger partial charge in [-0.25, -0.2) is 4.79 Å². The second-order valence-corrected chi connectivity index (χ2v) is 6.52. The molecule has 120 valence electrons. The molecule has 0 aliphatic carbocycles. The van der Waals surface area contributed by atoms with Crippen molar-refractivity contribution in [2.24, 2.45) is 5.92 Å². The first-order valence-electron chi connectivity index (χ1n) is 7.89. The zero-order chi connectivity index (χ0) is 15.4. The van der Waals surface area contributed by atoms with Gasteiger partial charge in [0.1, 0.15) is 0 Å². The van der Waals surface area contributed by atoms with Gasteiger partial charge in [0.25, 0.3) is 0 Å². The molecule has 2 atom stereocenters. The summed E-state index contributed by atoms with van der Waals surface area (Å²) in [5.74, 6) is -0.405. The van der Waals surface area contributed by atoms with Crippen molar-refractivity contribution in [1.29, 1.82) is 0 Å². The Bertz CT molecular complexity index is 386. The van der Waals surface area contributed by atoms with Gasteiger partial charge >= 0.3 is 12.0 Å². The third-order valence-electron chi connectivity index (χ3n) is 4.72. The lowest BCUT2D eigenvalue weighted by atomic mass is 9.93. The number of rotatable bonds is 4. The van der Waals surface area contributed by atoms with Crippen LogP contribution in [0, 0.1) is 5.92 Å². The second-order valence-electron chi connectivity index (χ2n) is 6.52. The minimum Gasteiger partial charge on any atom is -0.481 e. The summed E-state index contributed by atoms with van der Waals surface area (Å²) in [4.78, 5) is 29.3. The molecule has 2 saturated heterocycles. The van der Waals surface area contributed by atoms with Gasteiger partial charge in [0.15, 0.2) is 0 Å². The maximum absolute atomic E-state index is 12.6. The average Bonchev–Trinajstić information content (AvgIpc) is 2.94. The molecule has 0 aromatic carbocycles. The molecule has 21 heavy (non-hydrogen) atoms. The van der Waals surface area contributed by atoms with Crippen LogP contribution in [0.1, 0.15) is 32.1 Å². The van der Waals surface area contributed by atoms with Gasteiger partial charge in [-0.2, -0.15) is 0 Å². The number of carbonyl (C=O) groups is 2. The zero-order valence-corrected chi connectivity index (χ0v) is 13.1. The highest BCUT2D eigenvalue weighted by molar-refractivity contribution is 5.75. The van der Waals surface area contributed by atoms with Crippen LogP contribution in [0.2, 0.25) is 0 Å². The number of likely N-dealkylation sites (N-methyl/N-ethyl adjacent to an activating group) is 1. The van der Waals surface area contributed by atoms with Crippen molar-refractivity contribution in [3.05, 3.63) is 0 Å². The summed E-state index contributed by atoms with van der Waals surface area (Å²) in [7, 11) is 4.11. The Morgan fingerprint density at radius 1 is 1.14 bits per heavy atom. The van der Waals surface area contributed by atoms with Crippen molar-refractivity contribution in [2.45, 2.75) is 38.1 Å². The van der Waals surface area contributed by atoms with Crippen molar-refractivity contribution < 1.29 is 14.7 Å². The van der Waals surface area contributed by atoms with Crippen LogP contribution in [0.3, 0.4) is 0 Å². The van der Waals surface area contributed by atoms with E-state index in [2.05, 4.69) is 19.0 Å². The van der Waals surface area contributed by atoms with Gasteiger partial charge in [-0.15, -0.1) is 0 Å². The fourth-order valence-corrected chi connectivity index (χ4v) is 3.34. The van der Waals surface area contributed by atoms with Gasteiger partial charge in [-0.05, 0) is 45.7 Å². The van der Waals surface area contributed by atoms with Crippen molar-refractivity contribution in [2.75, 3.05) is 40.3 Å². The molecule has 1 N–H and O–H groups in total. The summed E-state index contributed by atoms with van der Waals surface area (Å²) in [6.45, 7) is 3.17. The Hall–Kier alpha value is -1.30. The molecule has 2 amide bonds. The third kappa shape index (κ3) is 4.33. The molecule has 0 radical (unpaired) electrons. The summed E-state index contributed by atoms with van der Waals surface area (Å²) in [5.41, 5.74) is 0. The van der Waals surface area contributed by atoms with Crippen molar-refractivity contribution in [1.82, 2.24) is 14.7 Å². The molecule has 0 saturated carbocycles. The van der Waals surface area contributed by atoms with E-state index in [1.165, 1.54) is 0 Å². The fourth-order valence-electron chi connectivity index (χ4n) is 3.34. The molecule has 2 aliphatic rings. The second kappa shape index (κ2) is 7.11. The molecule has 0 aromatic rings. The lowest BCUT2D eigenvalue weighted by Gasteiger charge is -2.35. The normalized spacial score (nSPS) is 26.4. The molecule has 6 heteroatoms. The van der Waals surface area contributed by atoms with Crippen LogP contribution in [0.15, 0.2) is 0 Å². The lowest BCUT2D eigenvalue weighted by Crippen LogP contribution is -2.47. The Morgan fingerprint density at radius 2 is 1.86 bits per heavy atom. The van der Waals surface area contributed by atoms with Crippen LogP contribution < -0.4 is 0 Å². The van der Waals surface area contributed by atoms with E-state index in [9.17, 15) is 9.59 Å². The molecular weight excluding hydrogens is 270 g/mol. The van der Waals surface area contributed by atoms with Crippen molar-refractivity contribution in [3.63, 3.8) is 0 Å². The zero-order valence-electron chi connectivity index (χ0n) is 13.1. The number of piperidine rings is 1. The predicted octanol–water partition coefficient (Wildman–Crippen LogP) is 1.32. The highest BCUT2D eigenvalue weighted by atomic mass is 16.4. The first kappa shape index (κ1) is 16.1. The highest BCUT2D eigenvalue weighted by Crippen LogP contribution is 2.23. The van der Waals surface area contributed by atoms with E-state index < -0.39 is 5.97 Å². The van der Waals surface area contributed by atoms with Gasteiger partial charge in [0.2, 0.25) is 0 Å². The van der Waals surface area contributed by atoms with Crippen LogP contribution in [-0.4, -0.2) is 78.1 Å². The molecule has 2 rings (SSSR count). The maximum Gasteiger partial charge on any atom is 0.320 e. The Morgan fingerprint density at radius 3 is 2.48 bits per heavy atom. The van der Waals surface area contributed by atoms with Crippen molar-refractivity contribution >= 4 is 12.0 Å². The van der Waals surface area contributed by atoms with Gasteiger partial charge in [-0.3, -0.25) is 4.79 Å². The highest BCUT2D eigenvalue weighted by Gasteiger charge is 2.32. The molecule has 6 nitrogen and oxygen atoms in total. The van der Waals surface area contributed by atoms with E-state index >= 15 is 0 Å². The molecule has 0 aromatic heterocycles. The van der Waals surface area contributed by atoms with Crippen LogP contribution in [-0.2, 0) is 4.79 Å². The number of amides is 2. The lowest BCUT2D eigenvalue weighted by molar-refractivity contribution is -0.137. The first-order valence-corrected chi connectivity index (χ1v) is 7.89. The first-order chi connectivity index (χ1) is 9.97. The van der Waals surface area contributed by atoms with E-state index in [0.717, 1.165) is 45.4 Å². The number of hydrogen-bond acceptors (Lipinski definition) is 3. The van der Waals surface area contributed by atoms with Crippen LogP contribution in [0.25, 0.3) is 0 Å². The molecule has 2 aliphatic heterocycles. The third-order valence-corrected chi connectivity index (χ3v) is 4.72. The van der Waals surface area contributed by atoms with E-state index in [4.69, 9.17) is 5.11 Å². The number of carboxylic acids is 1. The topological polar surface area (TPSA) is 64.1 Å². The number of urea groups is 1. The molecule has 0 spiro atoms. The standard InChI is InChI=1S/C15H27N3O3/c1-16(2)13-7-9-18(11-13)15(21)17-8-3-4-12(10-17)5-6-14(19)20/h12-13H,3-11H2,1-2H3,(H,19,20). The van der Waals surface area contributed by atoms with Crippen LogP contribution in [0.5, 0.6) is 0 Å². The maximum atomic E-state index is 12.6. The predicted molar refractivity (Wildman–Crippen MR) is 80.2 cm³/mol. The number of aliphatic carboxylic acids is 1.